The Labute approximate surface area is 94.6 Å². The van der Waals surface area contributed by atoms with Crippen LogP contribution < -0.4 is 0 Å². The highest BCUT2D eigenvalue weighted by molar-refractivity contribution is 9.10. The molecule has 0 N–H and O–H groups in total. The molecule has 2 rings (SSSR count). The van der Waals surface area contributed by atoms with Crippen LogP contribution in [0.15, 0.2) is 16.6 Å². The van der Waals surface area contributed by atoms with Crippen molar-refractivity contribution in [1.82, 2.24) is 0 Å². The van der Waals surface area contributed by atoms with Crippen LogP contribution in [-0.4, -0.2) is 0 Å². The molecule has 1 aliphatic rings. The van der Waals surface area contributed by atoms with Gasteiger partial charge in [-0.15, -0.1) is 0 Å². The first-order valence-corrected chi connectivity index (χ1v) is 5.58. The van der Waals surface area contributed by atoms with Crippen LogP contribution >= 0.6 is 15.9 Å². The molecule has 15 heavy (non-hydrogen) atoms. The van der Waals surface area contributed by atoms with Gasteiger partial charge in [-0.3, -0.25) is 0 Å². The van der Waals surface area contributed by atoms with Crippen molar-refractivity contribution in [2.24, 2.45) is 0 Å². The molecule has 0 aliphatic heterocycles. The summed E-state index contributed by atoms with van der Waals surface area (Å²) in [5.41, 5.74) is 0.853. The van der Waals surface area contributed by atoms with Crippen molar-refractivity contribution in [3.63, 3.8) is 0 Å². The minimum Gasteiger partial charge on any atom is -0.166 e. The first kappa shape index (κ1) is 11.0. The van der Waals surface area contributed by atoms with Crippen molar-refractivity contribution in [1.29, 1.82) is 0 Å². The summed E-state index contributed by atoms with van der Waals surface area (Å²) in [4.78, 5) is 0. The smallest absolute Gasteiger partial charge is 0.166 e. The van der Waals surface area contributed by atoms with Crippen LogP contribution in [0.2, 0.25) is 0 Å². The van der Waals surface area contributed by atoms with Gasteiger partial charge in [-0.05, 0) is 42.0 Å². The summed E-state index contributed by atoms with van der Waals surface area (Å²) in [7, 11) is 0. The van der Waals surface area contributed by atoms with Crippen molar-refractivity contribution in [2.45, 2.75) is 31.9 Å². The van der Waals surface area contributed by atoms with Gasteiger partial charge >= 0.3 is 6.18 Å². The Bertz CT molecular complexity index is 396. The average Bonchev–Trinajstić information content (AvgIpc) is 2.45. The summed E-state index contributed by atoms with van der Waals surface area (Å²) in [6.45, 7) is 1.97. The molecule has 1 aromatic rings. The Morgan fingerprint density at radius 1 is 1.33 bits per heavy atom. The summed E-state index contributed by atoms with van der Waals surface area (Å²) in [5, 5.41) is 0. The van der Waals surface area contributed by atoms with Crippen LogP contribution in [-0.2, 0) is 12.6 Å². The third-order valence-electron chi connectivity index (χ3n) is 2.91. The van der Waals surface area contributed by atoms with E-state index >= 15 is 0 Å². The van der Waals surface area contributed by atoms with Gasteiger partial charge in [0.2, 0.25) is 0 Å². The van der Waals surface area contributed by atoms with Gasteiger partial charge < -0.3 is 0 Å². The lowest BCUT2D eigenvalue weighted by molar-refractivity contribution is -0.138. The molecule has 0 fully saturated rings. The van der Waals surface area contributed by atoms with Crippen molar-refractivity contribution in [2.75, 3.05) is 0 Å². The number of benzene rings is 1. The first-order chi connectivity index (χ1) is 6.89. The van der Waals surface area contributed by atoms with Gasteiger partial charge in [0.1, 0.15) is 0 Å². The molecule has 0 radical (unpaired) electrons. The van der Waals surface area contributed by atoms with E-state index in [1.54, 1.807) is 0 Å². The van der Waals surface area contributed by atoms with Crippen molar-refractivity contribution >= 4 is 15.9 Å². The molecule has 0 saturated heterocycles. The maximum Gasteiger partial charge on any atom is 0.416 e. The van der Waals surface area contributed by atoms with Gasteiger partial charge in [-0.25, -0.2) is 0 Å². The average molecular weight is 279 g/mol. The molecule has 0 nitrogen and oxygen atoms in total. The second kappa shape index (κ2) is 3.51. The molecule has 1 unspecified atom stereocenters. The van der Waals surface area contributed by atoms with Gasteiger partial charge in [-0.1, -0.05) is 22.9 Å². The third kappa shape index (κ3) is 1.92. The monoisotopic (exact) mass is 278 g/mol. The van der Waals surface area contributed by atoms with Crippen LogP contribution in [0, 0.1) is 0 Å². The Hall–Kier alpha value is -0.510. The Balaban J connectivity index is 2.62. The predicted octanol–water partition coefficient (Wildman–Crippen LogP) is 4.52. The number of hydrogen-bond acceptors (Lipinski definition) is 0. The van der Waals surface area contributed by atoms with E-state index in [-0.39, 0.29) is 5.92 Å². The highest BCUT2D eigenvalue weighted by atomic mass is 79.9. The Morgan fingerprint density at radius 2 is 2.00 bits per heavy atom. The maximum absolute atomic E-state index is 12.7. The topological polar surface area (TPSA) is 0 Å². The molecule has 0 heterocycles. The van der Waals surface area contributed by atoms with Crippen LogP contribution in [0.4, 0.5) is 13.2 Å². The number of fused-ring (bicyclic) bond motifs is 1. The quantitative estimate of drug-likeness (QED) is 0.655. The highest BCUT2D eigenvalue weighted by Crippen LogP contribution is 2.42. The second-order valence-electron chi connectivity index (χ2n) is 3.96. The van der Waals surface area contributed by atoms with Crippen LogP contribution in [0.3, 0.4) is 0 Å². The minimum atomic E-state index is -4.24. The molecule has 0 spiro atoms. The third-order valence-corrected chi connectivity index (χ3v) is 3.37. The molecule has 1 aliphatic carbocycles. The lowest BCUT2D eigenvalue weighted by atomic mass is 10.00. The van der Waals surface area contributed by atoms with Gasteiger partial charge in [0.05, 0.1) is 5.56 Å². The second-order valence-corrected chi connectivity index (χ2v) is 4.87. The summed E-state index contributed by atoms with van der Waals surface area (Å²) in [6, 6.07) is 2.99. The SMILES string of the molecule is CC1CCc2c1cc(Br)cc2C(F)(F)F. The number of alkyl halides is 3. The molecular formula is C11H10BrF3. The van der Waals surface area contributed by atoms with E-state index in [0.29, 0.717) is 16.5 Å². The molecule has 1 aromatic carbocycles. The first-order valence-electron chi connectivity index (χ1n) is 4.79. The van der Waals surface area contributed by atoms with Crippen molar-refractivity contribution in [3.8, 4) is 0 Å². The minimum absolute atomic E-state index is 0.235. The largest absolute Gasteiger partial charge is 0.416 e. The van der Waals surface area contributed by atoms with E-state index in [0.717, 1.165) is 12.0 Å². The standard InChI is InChI=1S/C11H10BrF3/c1-6-2-3-8-9(6)4-7(12)5-10(8)11(13,14)15/h4-6H,2-3H2,1H3. The maximum atomic E-state index is 12.7. The normalized spacial score (nSPS) is 20.5. The molecule has 0 bridgehead atoms. The zero-order valence-electron chi connectivity index (χ0n) is 8.16. The summed E-state index contributed by atoms with van der Waals surface area (Å²) in [5.74, 6) is 0.235. The summed E-state index contributed by atoms with van der Waals surface area (Å²) < 4.78 is 38.7. The fraction of sp³-hybridized carbons (Fsp3) is 0.455. The number of hydrogen-bond donors (Lipinski definition) is 0. The van der Waals surface area contributed by atoms with Crippen LogP contribution in [0.1, 0.15) is 36.0 Å². The zero-order chi connectivity index (χ0) is 11.2. The molecule has 0 amide bonds. The zero-order valence-corrected chi connectivity index (χ0v) is 9.74. The number of halogens is 4. The lowest BCUT2D eigenvalue weighted by Gasteiger charge is -2.13. The van der Waals surface area contributed by atoms with E-state index in [1.807, 2.05) is 13.0 Å². The van der Waals surface area contributed by atoms with Gasteiger partial charge in [-0.2, -0.15) is 13.2 Å². The number of rotatable bonds is 0. The van der Waals surface area contributed by atoms with Crippen molar-refractivity contribution in [3.05, 3.63) is 33.3 Å². The van der Waals surface area contributed by atoms with E-state index in [2.05, 4.69) is 15.9 Å². The molecular weight excluding hydrogens is 269 g/mol. The van der Waals surface area contributed by atoms with Gasteiger partial charge in [0.25, 0.3) is 0 Å². The fourth-order valence-electron chi connectivity index (χ4n) is 2.15. The molecule has 0 aromatic heterocycles. The Morgan fingerprint density at radius 3 is 2.60 bits per heavy atom. The molecule has 0 saturated carbocycles. The van der Waals surface area contributed by atoms with Gasteiger partial charge in [0.15, 0.2) is 0 Å². The van der Waals surface area contributed by atoms with Gasteiger partial charge in [0, 0.05) is 4.47 Å². The predicted molar refractivity (Wildman–Crippen MR) is 55.9 cm³/mol. The van der Waals surface area contributed by atoms with E-state index < -0.39 is 11.7 Å². The van der Waals surface area contributed by atoms with E-state index in [1.165, 1.54) is 6.07 Å². The summed E-state index contributed by atoms with van der Waals surface area (Å²) in [6.07, 6.45) is -2.88. The lowest BCUT2D eigenvalue weighted by Crippen LogP contribution is -2.09. The summed E-state index contributed by atoms with van der Waals surface area (Å²) >= 11 is 3.14. The highest BCUT2D eigenvalue weighted by Gasteiger charge is 2.36. The fourth-order valence-corrected chi connectivity index (χ4v) is 2.62. The van der Waals surface area contributed by atoms with Crippen molar-refractivity contribution < 1.29 is 13.2 Å². The molecule has 4 heteroatoms. The molecule has 82 valence electrons. The van der Waals surface area contributed by atoms with Crippen LogP contribution in [0.25, 0.3) is 0 Å². The van der Waals surface area contributed by atoms with E-state index in [4.69, 9.17) is 0 Å². The Kier molecular flexibility index (Phi) is 2.57. The van der Waals surface area contributed by atoms with Crippen LogP contribution in [0.5, 0.6) is 0 Å². The molecule has 1 atom stereocenters. The van der Waals surface area contributed by atoms with E-state index in [9.17, 15) is 13.2 Å².